The number of ether oxygens (including phenoxy) is 1. The second kappa shape index (κ2) is 5.62. The summed E-state index contributed by atoms with van der Waals surface area (Å²) >= 11 is 0. The van der Waals surface area contributed by atoms with Crippen LogP contribution in [0.3, 0.4) is 0 Å². The summed E-state index contributed by atoms with van der Waals surface area (Å²) in [7, 11) is -1.70. The average Bonchev–Trinajstić information content (AvgIpc) is 1.98. The quantitative estimate of drug-likeness (QED) is 0.665. The van der Waals surface area contributed by atoms with Crippen LogP contribution in [0.1, 0.15) is 6.92 Å². The van der Waals surface area contributed by atoms with Gasteiger partial charge in [-0.25, -0.2) is 0 Å². The molecule has 7 heteroatoms. The first-order valence-corrected chi connectivity index (χ1v) is 5.19. The van der Waals surface area contributed by atoms with E-state index in [2.05, 4.69) is 9.26 Å². The minimum absolute atomic E-state index is 0.145. The molecule has 2 atom stereocenters. The molecule has 0 saturated heterocycles. The first-order chi connectivity index (χ1) is 5.91. The topological polar surface area (TPSA) is 35.5 Å². The number of halogens is 3. The molecule has 13 heavy (non-hydrogen) atoms. The van der Waals surface area contributed by atoms with Crippen molar-refractivity contribution in [1.82, 2.24) is 0 Å². The van der Waals surface area contributed by atoms with Crippen molar-refractivity contribution in [2.24, 2.45) is 0 Å². The van der Waals surface area contributed by atoms with Crippen molar-refractivity contribution < 1.29 is 27.0 Å². The molecule has 0 aliphatic rings. The van der Waals surface area contributed by atoms with Crippen LogP contribution in [0.15, 0.2) is 0 Å². The van der Waals surface area contributed by atoms with Crippen molar-refractivity contribution >= 4 is 8.03 Å². The van der Waals surface area contributed by atoms with Crippen molar-refractivity contribution in [2.75, 3.05) is 19.9 Å². The summed E-state index contributed by atoms with van der Waals surface area (Å²) < 4.78 is 55.6. The van der Waals surface area contributed by atoms with Gasteiger partial charge in [0.25, 0.3) is 0 Å². The lowest BCUT2D eigenvalue weighted by atomic mass is 10.4. The molecule has 2 unspecified atom stereocenters. The first-order valence-electron chi connectivity index (χ1n) is 3.67. The summed E-state index contributed by atoms with van der Waals surface area (Å²) in [6.45, 7) is 1.71. The van der Waals surface area contributed by atoms with E-state index >= 15 is 0 Å². The maximum absolute atomic E-state index is 12.0. The van der Waals surface area contributed by atoms with E-state index in [1.165, 1.54) is 0 Å². The molecule has 0 radical (unpaired) electrons. The molecular weight excluding hydrogens is 208 g/mol. The van der Waals surface area contributed by atoms with Crippen LogP contribution in [0.5, 0.6) is 0 Å². The number of hydrogen-bond acceptors (Lipinski definition) is 3. The van der Waals surface area contributed by atoms with Crippen LogP contribution in [0, 0.1) is 0 Å². The molecule has 0 fully saturated rings. The molecule has 0 aromatic rings. The first kappa shape index (κ1) is 12.9. The molecule has 0 saturated carbocycles. The highest BCUT2D eigenvalue weighted by Crippen LogP contribution is 2.31. The predicted molar refractivity (Wildman–Crippen MR) is 42.3 cm³/mol. The molecule has 0 spiro atoms. The molecule has 0 aromatic heterocycles. The highest BCUT2D eigenvalue weighted by atomic mass is 31.1. The highest BCUT2D eigenvalue weighted by Gasteiger charge is 2.40. The van der Waals surface area contributed by atoms with Gasteiger partial charge in [-0.1, -0.05) is 0 Å². The molecule has 0 N–H and O–H groups in total. The monoisotopic (exact) mass is 220 g/mol. The van der Waals surface area contributed by atoms with Crippen molar-refractivity contribution in [3.05, 3.63) is 0 Å². The number of alkyl halides is 3. The third kappa shape index (κ3) is 5.29. The lowest BCUT2D eigenvalue weighted by Crippen LogP contribution is -2.32. The van der Waals surface area contributed by atoms with E-state index in [0.717, 1.165) is 7.11 Å². The Morgan fingerprint density at radius 2 is 2.00 bits per heavy atom. The van der Waals surface area contributed by atoms with Gasteiger partial charge in [-0.15, -0.1) is 0 Å². The second-order valence-corrected chi connectivity index (χ2v) is 3.72. The zero-order chi connectivity index (χ0) is 10.5. The predicted octanol–water partition coefficient (Wildman–Crippen LogP) is 2.07. The van der Waals surface area contributed by atoms with Gasteiger partial charge in [0.05, 0.1) is 12.8 Å². The third-order valence-corrected chi connectivity index (χ3v) is 2.62. The van der Waals surface area contributed by atoms with Crippen molar-refractivity contribution in [3.8, 4) is 0 Å². The van der Waals surface area contributed by atoms with E-state index in [-0.39, 0.29) is 6.61 Å². The molecule has 0 bridgehead atoms. The summed E-state index contributed by atoms with van der Waals surface area (Å²) in [5.41, 5.74) is 0. The van der Waals surface area contributed by atoms with Gasteiger partial charge >= 0.3 is 6.18 Å². The molecule has 3 nitrogen and oxygen atoms in total. The molecule has 0 aliphatic carbocycles. The van der Waals surface area contributed by atoms with Crippen LogP contribution in [0.25, 0.3) is 0 Å². The summed E-state index contributed by atoms with van der Waals surface area (Å²) in [6, 6.07) is 0. The summed E-state index contributed by atoms with van der Waals surface area (Å²) in [4.78, 5) is 0. The van der Waals surface area contributed by atoms with E-state index in [0.29, 0.717) is 0 Å². The zero-order valence-electron chi connectivity index (χ0n) is 7.35. The number of hydrogen-bond donors (Lipinski definition) is 0. The molecule has 0 aliphatic heterocycles. The Morgan fingerprint density at radius 1 is 1.46 bits per heavy atom. The number of methoxy groups -OCH3 is 1. The van der Waals surface area contributed by atoms with E-state index in [9.17, 15) is 17.7 Å². The van der Waals surface area contributed by atoms with Crippen LogP contribution in [-0.4, -0.2) is 32.2 Å². The Kier molecular flexibility index (Phi) is 5.60. The molecular formula is C6H12F3O3P. The maximum atomic E-state index is 12.0. The minimum Gasteiger partial charge on any atom is -0.371 e. The van der Waals surface area contributed by atoms with E-state index < -0.39 is 26.5 Å². The Bertz CT molecular complexity index is 171. The Labute approximate surface area is 75.1 Å². The van der Waals surface area contributed by atoms with E-state index in [4.69, 9.17) is 0 Å². The van der Waals surface area contributed by atoms with Gasteiger partial charge in [-0.3, -0.25) is 4.57 Å². The molecule has 0 heterocycles. The fraction of sp³-hybridized carbons (Fsp3) is 1.00. The lowest BCUT2D eigenvalue weighted by Gasteiger charge is -2.17. The minimum atomic E-state index is -4.48. The lowest BCUT2D eigenvalue weighted by molar-refractivity contribution is -0.205. The maximum Gasteiger partial charge on any atom is 0.415 e. The fourth-order valence-electron chi connectivity index (χ4n) is 0.704. The van der Waals surface area contributed by atoms with Gasteiger partial charge in [0, 0.05) is 7.11 Å². The van der Waals surface area contributed by atoms with Gasteiger partial charge in [-0.2, -0.15) is 13.2 Å². The van der Waals surface area contributed by atoms with Crippen LogP contribution in [-0.2, 0) is 13.8 Å². The Morgan fingerprint density at radius 3 is 2.31 bits per heavy atom. The molecule has 0 rings (SSSR count). The smallest absolute Gasteiger partial charge is 0.371 e. The molecule has 0 aromatic carbocycles. The van der Waals surface area contributed by atoms with Crippen molar-refractivity contribution in [3.63, 3.8) is 0 Å². The van der Waals surface area contributed by atoms with Gasteiger partial charge in [0.15, 0.2) is 14.1 Å². The van der Waals surface area contributed by atoms with Gasteiger partial charge < -0.3 is 9.26 Å². The third-order valence-electron chi connectivity index (χ3n) is 1.31. The van der Waals surface area contributed by atoms with E-state index in [1.807, 2.05) is 0 Å². The van der Waals surface area contributed by atoms with Crippen molar-refractivity contribution in [2.45, 2.75) is 19.2 Å². The Hall–Kier alpha value is -0.0600. The summed E-state index contributed by atoms with van der Waals surface area (Å²) in [6.07, 6.45) is -7.09. The van der Waals surface area contributed by atoms with Crippen molar-refractivity contribution in [1.29, 1.82) is 0 Å². The van der Waals surface area contributed by atoms with E-state index in [1.54, 1.807) is 6.92 Å². The Balaban J connectivity index is 4.06. The second-order valence-electron chi connectivity index (χ2n) is 2.28. The molecule has 80 valence electrons. The zero-order valence-corrected chi connectivity index (χ0v) is 8.35. The largest absolute Gasteiger partial charge is 0.415 e. The number of rotatable bonds is 5. The fourth-order valence-corrected chi connectivity index (χ4v) is 1.84. The van der Waals surface area contributed by atoms with Gasteiger partial charge in [0.1, 0.15) is 0 Å². The van der Waals surface area contributed by atoms with Crippen LogP contribution >= 0.6 is 8.03 Å². The standard InChI is InChI=1S/C6H12F3O3P/c1-3-12-13(10)4-5(11-2)6(7,8)9/h5,13H,3-4H2,1-2H3. The molecule has 0 amide bonds. The highest BCUT2D eigenvalue weighted by molar-refractivity contribution is 7.39. The van der Waals surface area contributed by atoms with Gasteiger partial charge in [-0.05, 0) is 6.92 Å². The van der Waals surface area contributed by atoms with Crippen LogP contribution in [0.4, 0.5) is 13.2 Å². The average molecular weight is 220 g/mol. The summed E-state index contributed by atoms with van der Waals surface area (Å²) in [5, 5.41) is 0. The summed E-state index contributed by atoms with van der Waals surface area (Å²) in [5.74, 6) is 0. The van der Waals surface area contributed by atoms with Crippen LogP contribution < -0.4 is 0 Å². The normalized spacial score (nSPS) is 17.0. The SMILES string of the molecule is CCO[PH](=O)CC(OC)C(F)(F)F. The van der Waals surface area contributed by atoms with Gasteiger partial charge in [0.2, 0.25) is 0 Å². The van der Waals surface area contributed by atoms with Crippen LogP contribution in [0.2, 0.25) is 0 Å².